The van der Waals surface area contributed by atoms with Gasteiger partial charge >= 0.3 is 0 Å². The average Bonchev–Trinajstić information content (AvgIpc) is 3.40. The van der Waals surface area contributed by atoms with Crippen LogP contribution in [-0.2, 0) is 0 Å². The maximum absolute atomic E-state index is 13.0. The lowest BCUT2D eigenvalue weighted by Crippen LogP contribution is -2.43. The summed E-state index contributed by atoms with van der Waals surface area (Å²) < 4.78 is 2.59. The van der Waals surface area contributed by atoms with E-state index in [9.17, 15) is 4.79 Å². The van der Waals surface area contributed by atoms with Gasteiger partial charge in [0.25, 0.3) is 5.91 Å². The summed E-state index contributed by atoms with van der Waals surface area (Å²) >= 11 is 4.83. The largest absolute Gasteiger partial charge is 0.382 e. The van der Waals surface area contributed by atoms with Gasteiger partial charge in [0, 0.05) is 41.4 Å². The first-order valence-electron chi connectivity index (χ1n) is 9.86. The van der Waals surface area contributed by atoms with Crippen LogP contribution in [0.25, 0.3) is 16.0 Å². The fourth-order valence-corrected chi connectivity index (χ4v) is 4.79. The van der Waals surface area contributed by atoms with Crippen LogP contribution in [0.2, 0.25) is 0 Å². The van der Waals surface area contributed by atoms with E-state index < -0.39 is 0 Å². The highest BCUT2D eigenvalue weighted by atomic mass is 79.9. The number of hydrogen-bond acceptors (Lipinski definition) is 7. The van der Waals surface area contributed by atoms with E-state index in [-0.39, 0.29) is 5.91 Å². The summed E-state index contributed by atoms with van der Waals surface area (Å²) in [5, 5.41) is 13.9. The van der Waals surface area contributed by atoms with E-state index in [0.717, 1.165) is 52.9 Å². The minimum Gasteiger partial charge on any atom is -0.382 e. The quantitative estimate of drug-likeness (QED) is 0.398. The van der Waals surface area contributed by atoms with E-state index in [4.69, 9.17) is 5.73 Å². The molecule has 0 atom stereocenters. The highest BCUT2D eigenvalue weighted by Gasteiger charge is 2.19. The van der Waals surface area contributed by atoms with E-state index in [1.165, 1.54) is 11.3 Å². The second-order valence-corrected chi connectivity index (χ2v) is 8.93. The van der Waals surface area contributed by atoms with Crippen molar-refractivity contribution >= 4 is 61.3 Å². The number of para-hydroxylation sites is 2. The zero-order valence-electron chi connectivity index (χ0n) is 16.5. The third-order valence-corrected chi connectivity index (χ3v) is 6.50. The van der Waals surface area contributed by atoms with Gasteiger partial charge in [-0.2, -0.15) is 0 Å². The Hall–Kier alpha value is -2.95. The number of hydrogen-bond donors (Lipinski definition) is 3. The molecule has 5 rings (SSSR count). The normalized spacial score (nSPS) is 14.2. The van der Waals surface area contributed by atoms with Crippen molar-refractivity contribution in [3.05, 3.63) is 58.0 Å². The van der Waals surface area contributed by atoms with Gasteiger partial charge in [0.05, 0.1) is 16.9 Å². The number of anilines is 3. The molecule has 0 unspecified atom stereocenters. The van der Waals surface area contributed by atoms with Crippen molar-refractivity contribution in [3.8, 4) is 5.13 Å². The third-order valence-electron chi connectivity index (χ3n) is 5.19. The molecule has 1 saturated heterocycles. The van der Waals surface area contributed by atoms with E-state index in [1.54, 1.807) is 10.1 Å². The fraction of sp³-hybridized carbons (Fsp3) is 0.190. The van der Waals surface area contributed by atoms with Gasteiger partial charge < -0.3 is 21.3 Å². The topological polar surface area (TPSA) is 101 Å². The van der Waals surface area contributed by atoms with Crippen LogP contribution >= 0.6 is 27.3 Å². The Morgan fingerprint density at radius 3 is 2.84 bits per heavy atom. The van der Waals surface area contributed by atoms with Crippen LogP contribution in [0.3, 0.4) is 0 Å². The molecule has 0 aliphatic carbocycles. The number of carbonyl (C=O) groups is 1. The number of benzene rings is 2. The van der Waals surface area contributed by atoms with Crippen molar-refractivity contribution in [1.82, 2.24) is 20.1 Å². The lowest BCUT2D eigenvalue weighted by atomic mass is 10.2. The summed E-state index contributed by atoms with van der Waals surface area (Å²) in [5.41, 5.74) is 9.03. The van der Waals surface area contributed by atoms with Crippen LogP contribution in [0.1, 0.15) is 10.5 Å². The van der Waals surface area contributed by atoms with Crippen LogP contribution in [0.4, 0.5) is 17.2 Å². The minimum absolute atomic E-state index is 0.254. The van der Waals surface area contributed by atoms with Crippen LogP contribution in [-0.4, -0.2) is 46.9 Å². The van der Waals surface area contributed by atoms with Crippen molar-refractivity contribution in [3.63, 3.8) is 0 Å². The lowest BCUT2D eigenvalue weighted by molar-refractivity contribution is 0.102. The first-order valence-corrected chi connectivity index (χ1v) is 11.5. The maximum atomic E-state index is 13.0. The number of rotatable bonds is 4. The Morgan fingerprint density at radius 1 is 1.19 bits per heavy atom. The number of aromatic nitrogens is 3. The summed E-state index contributed by atoms with van der Waals surface area (Å²) in [6.45, 7) is 3.65. The minimum atomic E-state index is -0.254. The molecule has 4 aromatic rings. The molecule has 158 valence electrons. The summed E-state index contributed by atoms with van der Waals surface area (Å²) in [4.78, 5) is 19.8. The predicted octanol–water partition coefficient (Wildman–Crippen LogP) is 3.49. The fourth-order valence-electron chi connectivity index (χ4n) is 3.67. The summed E-state index contributed by atoms with van der Waals surface area (Å²) in [6, 6.07) is 13.6. The Morgan fingerprint density at radius 2 is 2.00 bits per heavy atom. The zero-order chi connectivity index (χ0) is 21.4. The summed E-state index contributed by atoms with van der Waals surface area (Å²) in [5.74, 6) is 0.171. The monoisotopic (exact) mass is 497 g/mol. The summed E-state index contributed by atoms with van der Waals surface area (Å²) in [7, 11) is 0. The number of carbonyl (C=O) groups excluding carboxylic acids is 1. The average molecular weight is 498 g/mol. The van der Waals surface area contributed by atoms with Gasteiger partial charge in [0.15, 0.2) is 5.82 Å². The Balaban J connectivity index is 1.41. The van der Waals surface area contributed by atoms with Crippen molar-refractivity contribution < 1.29 is 4.79 Å². The number of piperazine rings is 1. The lowest BCUT2D eigenvalue weighted by Gasteiger charge is -2.31. The zero-order valence-corrected chi connectivity index (χ0v) is 18.9. The van der Waals surface area contributed by atoms with E-state index in [2.05, 4.69) is 41.5 Å². The molecule has 2 aromatic carbocycles. The molecule has 2 aromatic heterocycles. The molecule has 8 nitrogen and oxygen atoms in total. The van der Waals surface area contributed by atoms with Crippen LogP contribution in [0.15, 0.2) is 52.3 Å². The molecule has 31 heavy (non-hydrogen) atoms. The number of nitrogens with zero attached hydrogens (tertiary/aromatic N) is 4. The molecule has 10 heteroatoms. The number of nitrogens with two attached hydrogens (primary N) is 1. The van der Waals surface area contributed by atoms with Crippen molar-refractivity contribution in [2.75, 3.05) is 42.1 Å². The Labute approximate surface area is 191 Å². The highest BCUT2D eigenvalue weighted by Crippen LogP contribution is 2.29. The van der Waals surface area contributed by atoms with Crippen LogP contribution < -0.4 is 21.3 Å². The smallest absolute Gasteiger partial charge is 0.275 e. The second kappa shape index (κ2) is 8.29. The van der Waals surface area contributed by atoms with E-state index in [0.29, 0.717) is 16.6 Å². The van der Waals surface area contributed by atoms with Gasteiger partial charge in [-0.1, -0.05) is 28.1 Å². The predicted molar refractivity (Wildman–Crippen MR) is 128 cm³/mol. The molecule has 1 aliphatic heterocycles. The molecule has 0 radical (unpaired) electrons. The maximum Gasteiger partial charge on any atom is 0.275 e. The molecule has 0 bridgehead atoms. The van der Waals surface area contributed by atoms with Crippen molar-refractivity contribution in [2.45, 2.75) is 0 Å². The van der Waals surface area contributed by atoms with Gasteiger partial charge in [-0.15, -0.1) is 16.4 Å². The van der Waals surface area contributed by atoms with Gasteiger partial charge in [-0.25, -0.2) is 9.67 Å². The van der Waals surface area contributed by atoms with Gasteiger partial charge in [-0.05, 0) is 30.3 Å². The molecule has 1 aliphatic rings. The van der Waals surface area contributed by atoms with Gasteiger partial charge in [0.1, 0.15) is 5.69 Å². The first-order chi connectivity index (χ1) is 15.1. The molecule has 4 N–H and O–H groups in total. The number of amides is 1. The van der Waals surface area contributed by atoms with E-state index in [1.807, 2.05) is 42.5 Å². The van der Waals surface area contributed by atoms with E-state index >= 15 is 0 Å². The third kappa shape index (κ3) is 3.89. The second-order valence-electron chi connectivity index (χ2n) is 7.18. The number of halogens is 1. The Kier molecular flexibility index (Phi) is 5.34. The highest BCUT2D eigenvalue weighted by molar-refractivity contribution is 9.10. The molecule has 1 fully saturated rings. The van der Waals surface area contributed by atoms with Gasteiger partial charge in [-0.3, -0.25) is 4.79 Å². The molecule has 3 heterocycles. The molecule has 0 spiro atoms. The van der Waals surface area contributed by atoms with Crippen LogP contribution in [0, 0.1) is 0 Å². The number of nitrogens with one attached hydrogen (secondary N) is 2. The molecular formula is C21H20BrN7OS. The molecule has 1 amide bonds. The number of thiazole rings is 1. The first kappa shape index (κ1) is 20.0. The molecule has 0 saturated carbocycles. The number of nitrogen functional groups attached to an aromatic ring is 1. The molecular weight excluding hydrogens is 478 g/mol. The summed E-state index contributed by atoms with van der Waals surface area (Å²) in [6.07, 6.45) is 0. The van der Waals surface area contributed by atoms with Crippen molar-refractivity contribution in [1.29, 1.82) is 0 Å². The number of fused-ring (bicyclic) bond motifs is 1. The SMILES string of the molecule is Nc1nn(-c2nc(C(=O)Nc3ccccc3N3CCNCC3)cs2)c2cc(Br)ccc12. The Bertz CT molecular complexity index is 1260. The van der Waals surface area contributed by atoms with Gasteiger partial charge in [0.2, 0.25) is 5.13 Å². The van der Waals surface area contributed by atoms with Crippen LogP contribution in [0.5, 0.6) is 0 Å². The van der Waals surface area contributed by atoms with Crippen molar-refractivity contribution in [2.24, 2.45) is 0 Å². The standard InChI is InChI=1S/C21H20BrN7OS/c22-13-5-6-14-18(11-13)29(27-19(14)23)21-26-16(12-31-21)20(30)25-15-3-1-2-4-17(15)28-9-7-24-8-10-28/h1-6,11-12,24H,7-10H2,(H2,23,27)(H,25,30).